The van der Waals surface area contributed by atoms with E-state index in [4.69, 9.17) is 0 Å². The van der Waals surface area contributed by atoms with E-state index in [1.807, 2.05) is 19.1 Å². The van der Waals surface area contributed by atoms with Gasteiger partial charge in [-0.15, -0.1) is 0 Å². The molecule has 1 unspecified atom stereocenters. The van der Waals surface area contributed by atoms with Crippen molar-refractivity contribution in [2.24, 2.45) is 5.92 Å². The molecule has 2 aromatic rings. The summed E-state index contributed by atoms with van der Waals surface area (Å²) >= 11 is 0. The number of hydrogen-bond acceptors (Lipinski definition) is 3. The minimum absolute atomic E-state index is 0.182. The lowest BCUT2D eigenvalue weighted by Crippen LogP contribution is -2.41. The molecule has 1 aromatic carbocycles. The number of piperidine rings is 1. The first kappa shape index (κ1) is 13.1. The molecule has 5 heteroatoms. The molecule has 1 aromatic heterocycles. The number of benzene rings is 1. The summed E-state index contributed by atoms with van der Waals surface area (Å²) in [4.78, 5) is 27.5. The van der Waals surface area contributed by atoms with Gasteiger partial charge in [0.25, 0.3) is 5.56 Å². The van der Waals surface area contributed by atoms with Crippen molar-refractivity contribution in [3.8, 4) is 0 Å². The van der Waals surface area contributed by atoms with Crippen LogP contribution in [0.3, 0.4) is 0 Å². The highest BCUT2D eigenvalue weighted by Crippen LogP contribution is 2.13. The highest BCUT2D eigenvalue weighted by molar-refractivity contribution is 5.80. The van der Waals surface area contributed by atoms with Gasteiger partial charge in [-0.1, -0.05) is 12.1 Å². The predicted molar refractivity (Wildman–Crippen MR) is 79.2 cm³/mol. The Kier molecular flexibility index (Phi) is 3.44. The number of aryl methyl sites for hydroxylation is 1. The molecule has 0 saturated carbocycles. The molecule has 0 spiro atoms. The van der Waals surface area contributed by atoms with Crippen LogP contribution >= 0.6 is 0 Å². The number of nitrogens with zero attached hydrogens (tertiary/aromatic N) is 1. The number of nitrogens with one attached hydrogen (secondary N) is 2. The Morgan fingerprint density at radius 3 is 2.95 bits per heavy atom. The standard InChI is InChI=1S/C15H19N3O2/c1-10-4-2-6-12-13(10)17-15(20)18(14(12)19)9-11-5-3-7-16-8-11/h2,4,6,11,16H,3,5,7-9H2,1H3,(H,17,20). The molecular formula is C15H19N3O2. The van der Waals surface area contributed by atoms with Crippen molar-refractivity contribution in [3.63, 3.8) is 0 Å². The topological polar surface area (TPSA) is 66.9 Å². The van der Waals surface area contributed by atoms with Crippen molar-refractivity contribution < 1.29 is 0 Å². The maximum Gasteiger partial charge on any atom is 0.328 e. The summed E-state index contributed by atoms with van der Waals surface area (Å²) in [6, 6.07) is 5.52. The fraction of sp³-hybridized carbons (Fsp3) is 0.467. The highest BCUT2D eigenvalue weighted by Gasteiger charge is 2.16. The van der Waals surface area contributed by atoms with E-state index in [2.05, 4.69) is 10.3 Å². The number of hydrogen-bond donors (Lipinski definition) is 2. The van der Waals surface area contributed by atoms with Gasteiger partial charge in [-0.25, -0.2) is 4.79 Å². The third-order valence-corrected chi connectivity index (χ3v) is 4.07. The van der Waals surface area contributed by atoms with Crippen LogP contribution in [-0.4, -0.2) is 22.6 Å². The Balaban J connectivity index is 2.07. The van der Waals surface area contributed by atoms with Gasteiger partial charge in [-0.05, 0) is 50.4 Å². The SMILES string of the molecule is Cc1cccc2c(=O)n(CC3CCCNC3)c(=O)[nH]c12. The second-order valence-corrected chi connectivity index (χ2v) is 5.56. The van der Waals surface area contributed by atoms with Crippen molar-refractivity contribution in [2.75, 3.05) is 13.1 Å². The van der Waals surface area contributed by atoms with E-state index >= 15 is 0 Å². The average molecular weight is 273 g/mol. The van der Waals surface area contributed by atoms with E-state index in [1.165, 1.54) is 4.57 Å². The van der Waals surface area contributed by atoms with E-state index in [0.29, 0.717) is 23.4 Å². The Bertz CT molecular complexity index is 739. The zero-order valence-corrected chi connectivity index (χ0v) is 11.6. The molecule has 2 heterocycles. The van der Waals surface area contributed by atoms with Gasteiger partial charge >= 0.3 is 5.69 Å². The Morgan fingerprint density at radius 2 is 2.20 bits per heavy atom. The number of aromatic nitrogens is 2. The molecule has 0 amide bonds. The van der Waals surface area contributed by atoms with E-state index in [9.17, 15) is 9.59 Å². The van der Waals surface area contributed by atoms with E-state index in [-0.39, 0.29) is 11.2 Å². The first-order valence-electron chi connectivity index (χ1n) is 7.10. The molecule has 1 atom stereocenters. The summed E-state index contributed by atoms with van der Waals surface area (Å²) in [6.07, 6.45) is 2.16. The van der Waals surface area contributed by atoms with Crippen LogP contribution in [0, 0.1) is 12.8 Å². The minimum Gasteiger partial charge on any atom is -0.316 e. The van der Waals surface area contributed by atoms with Crippen LogP contribution in [0.5, 0.6) is 0 Å². The summed E-state index contributed by atoms with van der Waals surface area (Å²) < 4.78 is 1.35. The van der Waals surface area contributed by atoms with Gasteiger partial charge in [-0.3, -0.25) is 9.36 Å². The quantitative estimate of drug-likeness (QED) is 0.857. The summed E-state index contributed by atoms with van der Waals surface area (Å²) in [5, 5.41) is 3.90. The van der Waals surface area contributed by atoms with Crippen LogP contribution in [0.1, 0.15) is 18.4 Å². The van der Waals surface area contributed by atoms with Crippen LogP contribution in [-0.2, 0) is 6.54 Å². The molecule has 1 aliphatic rings. The van der Waals surface area contributed by atoms with Crippen molar-refractivity contribution in [2.45, 2.75) is 26.3 Å². The first-order valence-corrected chi connectivity index (χ1v) is 7.10. The van der Waals surface area contributed by atoms with Gasteiger partial charge in [0, 0.05) is 6.54 Å². The fourth-order valence-corrected chi connectivity index (χ4v) is 2.93. The van der Waals surface area contributed by atoms with Gasteiger partial charge in [0.1, 0.15) is 0 Å². The molecule has 1 aliphatic heterocycles. The van der Waals surface area contributed by atoms with E-state index < -0.39 is 0 Å². The molecule has 3 rings (SSSR count). The second kappa shape index (κ2) is 5.25. The van der Waals surface area contributed by atoms with Crippen LogP contribution in [0.2, 0.25) is 0 Å². The molecule has 20 heavy (non-hydrogen) atoms. The number of rotatable bonds is 2. The van der Waals surface area contributed by atoms with Crippen molar-refractivity contribution >= 4 is 10.9 Å². The first-order chi connectivity index (χ1) is 9.66. The van der Waals surface area contributed by atoms with Gasteiger partial charge in [0.15, 0.2) is 0 Å². The summed E-state index contributed by atoms with van der Waals surface area (Å²) in [6.45, 7) is 4.29. The van der Waals surface area contributed by atoms with Gasteiger partial charge in [0.05, 0.1) is 10.9 Å². The largest absolute Gasteiger partial charge is 0.328 e. The van der Waals surface area contributed by atoms with Gasteiger partial charge in [-0.2, -0.15) is 0 Å². The molecule has 5 nitrogen and oxygen atoms in total. The van der Waals surface area contributed by atoms with Crippen molar-refractivity contribution in [1.82, 2.24) is 14.9 Å². The number of fused-ring (bicyclic) bond motifs is 1. The zero-order chi connectivity index (χ0) is 14.1. The Morgan fingerprint density at radius 1 is 1.35 bits per heavy atom. The van der Waals surface area contributed by atoms with Crippen molar-refractivity contribution in [3.05, 3.63) is 44.6 Å². The summed E-state index contributed by atoms with van der Waals surface area (Å²) in [5.41, 5.74) is 1.09. The van der Waals surface area contributed by atoms with E-state index in [1.54, 1.807) is 6.07 Å². The van der Waals surface area contributed by atoms with Gasteiger partial charge < -0.3 is 10.3 Å². The predicted octanol–water partition coefficient (Wildman–Crippen LogP) is 0.998. The van der Waals surface area contributed by atoms with Crippen LogP contribution < -0.4 is 16.6 Å². The Labute approximate surface area is 116 Å². The molecule has 0 aliphatic carbocycles. The highest BCUT2D eigenvalue weighted by atomic mass is 16.2. The lowest BCUT2D eigenvalue weighted by atomic mass is 9.99. The number of H-pyrrole nitrogens is 1. The molecule has 0 radical (unpaired) electrons. The number of para-hydroxylation sites is 1. The maximum absolute atomic E-state index is 12.5. The Hall–Kier alpha value is -1.88. The molecule has 0 bridgehead atoms. The molecule has 2 N–H and O–H groups in total. The lowest BCUT2D eigenvalue weighted by Gasteiger charge is -2.23. The summed E-state index contributed by atoms with van der Waals surface area (Å²) in [5.74, 6) is 0.352. The summed E-state index contributed by atoms with van der Waals surface area (Å²) in [7, 11) is 0. The molecule has 1 fully saturated rings. The van der Waals surface area contributed by atoms with Crippen LogP contribution in [0.4, 0.5) is 0 Å². The fourth-order valence-electron chi connectivity index (χ4n) is 2.93. The monoisotopic (exact) mass is 273 g/mol. The van der Waals surface area contributed by atoms with E-state index in [0.717, 1.165) is 31.5 Å². The van der Waals surface area contributed by atoms with Crippen LogP contribution in [0.25, 0.3) is 10.9 Å². The molecule has 1 saturated heterocycles. The molecule has 106 valence electrons. The lowest BCUT2D eigenvalue weighted by molar-refractivity contribution is 0.329. The average Bonchev–Trinajstić information content (AvgIpc) is 2.46. The normalized spacial score (nSPS) is 19.4. The third-order valence-electron chi connectivity index (χ3n) is 4.07. The zero-order valence-electron chi connectivity index (χ0n) is 11.6. The van der Waals surface area contributed by atoms with Gasteiger partial charge in [0.2, 0.25) is 0 Å². The minimum atomic E-state index is -0.303. The third kappa shape index (κ3) is 2.29. The number of aromatic amines is 1. The molecular weight excluding hydrogens is 254 g/mol. The second-order valence-electron chi connectivity index (χ2n) is 5.56. The maximum atomic E-state index is 12.5. The smallest absolute Gasteiger partial charge is 0.316 e. The van der Waals surface area contributed by atoms with Crippen molar-refractivity contribution in [1.29, 1.82) is 0 Å². The van der Waals surface area contributed by atoms with Crippen LogP contribution in [0.15, 0.2) is 27.8 Å².